The molecule has 1 saturated carbocycles. The molecule has 2 aromatic rings. The van der Waals surface area contributed by atoms with Crippen LogP contribution in [0.15, 0.2) is 22.7 Å². The zero-order valence-corrected chi connectivity index (χ0v) is 10.9. The van der Waals surface area contributed by atoms with Gasteiger partial charge in [-0.3, -0.25) is 4.79 Å². The van der Waals surface area contributed by atoms with E-state index >= 15 is 0 Å². The summed E-state index contributed by atoms with van der Waals surface area (Å²) in [5, 5.41) is 3.80. The van der Waals surface area contributed by atoms with E-state index in [0.717, 1.165) is 12.8 Å². The van der Waals surface area contributed by atoms with Crippen molar-refractivity contribution in [3.63, 3.8) is 0 Å². The van der Waals surface area contributed by atoms with E-state index in [2.05, 4.69) is 10.1 Å². The molecule has 0 unspecified atom stereocenters. The molecular weight excluding hydrogens is 263 g/mol. The summed E-state index contributed by atoms with van der Waals surface area (Å²) in [6.07, 6.45) is 2.14. The maximum absolute atomic E-state index is 13.2. The quantitative estimate of drug-likeness (QED) is 0.786. The number of carbonyl (C=O) groups is 1. The third-order valence-electron chi connectivity index (χ3n) is 3.09. The third-order valence-corrected chi connectivity index (χ3v) is 3.09. The number of halogens is 1. The van der Waals surface area contributed by atoms with Crippen LogP contribution >= 0.6 is 0 Å². The van der Waals surface area contributed by atoms with E-state index in [1.54, 1.807) is 0 Å². The van der Waals surface area contributed by atoms with Crippen molar-refractivity contribution in [1.82, 2.24) is 10.1 Å². The van der Waals surface area contributed by atoms with Crippen molar-refractivity contribution in [2.75, 3.05) is 0 Å². The fourth-order valence-electron chi connectivity index (χ4n) is 1.87. The van der Waals surface area contributed by atoms with Crippen LogP contribution in [0.1, 0.15) is 47.8 Å². The number of Topliss-reactive ketones (excluding diaryl/α,β-unsaturated/α-hetero) is 1. The van der Waals surface area contributed by atoms with Crippen molar-refractivity contribution in [1.29, 1.82) is 0 Å². The molecule has 20 heavy (non-hydrogen) atoms. The molecule has 1 heterocycles. The summed E-state index contributed by atoms with van der Waals surface area (Å²) in [6, 6.07) is 3.81. The van der Waals surface area contributed by atoms with Gasteiger partial charge in [-0.05, 0) is 31.9 Å². The van der Waals surface area contributed by atoms with E-state index in [-0.39, 0.29) is 18.1 Å². The van der Waals surface area contributed by atoms with E-state index in [0.29, 0.717) is 23.2 Å². The SMILES string of the molecule is CC(=O)c1ccc(F)cc1OCc1noc(C2CC2)n1. The Morgan fingerprint density at radius 2 is 2.30 bits per heavy atom. The lowest BCUT2D eigenvalue weighted by molar-refractivity contribution is 0.101. The van der Waals surface area contributed by atoms with Crippen LogP contribution in [0.5, 0.6) is 5.75 Å². The van der Waals surface area contributed by atoms with Gasteiger partial charge < -0.3 is 9.26 Å². The number of aromatic nitrogens is 2. The molecule has 1 aromatic heterocycles. The summed E-state index contributed by atoms with van der Waals surface area (Å²) < 4.78 is 23.7. The van der Waals surface area contributed by atoms with Gasteiger partial charge >= 0.3 is 0 Å². The molecule has 5 nitrogen and oxygen atoms in total. The molecule has 0 aliphatic heterocycles. The van der Waals surface area contributed by atoms with Crippen LogP contribution in [0, 0.1) is 5.82 Å². The van der Waals surface area contributed by atoms with Crippen LogP contribution in [-0.4, -0.2) is 15.9 Å². The average molecular weight is 276 g/mol. The van der Waals surface area contributed by atoms with Crippen molar-refractivity contribution in [3.8, 4) is 5.75 Å². The Hall–Kier alpha value is -2.24. The molecule has 3 rings (SSSR count). The summed E-state index contributed by atoms with van der Waals surface area (Å²) >= 11 is 0. The molecule has 0 bridgehead atoms. The number of nitrogens with zero attached hydrogens (tertiary/aromatic N) is 2. The summed E-state index contributed by atoms with van der Waals surface area (Å²) in [7, 11) is 0. The Bertz CT molecular complexity index is 650. The van der Waals surface area contributed by atoms with Crippen molar-refractivity contribution in [3.05, 3.63) is 41.3 Å². The number of ether oxygens (including phenoxy) is 1. The van der Waals surface area contributed by atoms with Gasteiger partial charge in [0, 0.05) is 12.0 Å². The number of rotatable bonds is 5. The van der Waals surface area contributed by atoms with Crippen LogP contribution in [0.25, 0.3) is 0 Å². The van der Waals surface area contributed by atoms with Gasteiger partial charge in [0.15, 0.2) is 12.4 Å². The number of carbonyl (C=O) groups excluding carboxylic acids is 1. The van der Waals surface area contributed by atoms with Gasteiger partial charge in [0.1, 0.15) is 11.6 Å². The molecule has 0 amide bonds. The number of hydrogen-bond acceptors (Lipinski definition) is 5. The van der Waals surface area contributed by atoms with Crippen molar-refractivity contribution < 1.29 is 18.4 Å². The summed E-state index contributed by atoms with van der Waals surface area (Å²) in [4.78, 5) is 15.6. The first-order valence-electron chi connectivity index (χ1n) is 6.39. The maximum Gasteiger partial charge on any atom is 0.229 e. The van der Waals surface area contributed by atoms with E-state index in [9.17, 15) is 9.18 Å². The molecule has 0 spiro atoms. The van der Waals surface area contributed by atoms with E-state index in [1.807, 2.05) is 0 Å². The molecule has 0 N–H and O–H groups in total. The van der Waals surface area contributed by atoms with Crippen LogP contribution < -0.4 is 4.74 Å². The Labute approximate surface area is 114 Å². The van der Waals surface area contributed by atoms with E-state index in [1.165, 1.54) is 25.1 Å². The fraction of sp³-hybridized carbons (Fsp3) is 0.357. The first-order valence-corrected chi connectivity index (χ1v) is 6.39. The van der Waals surface area contributed by atoms with Crippen LogP contribution in [-0.2, 0) is 6.61 Å². The molecule has 6 heteroatoms. The van der Waals surface area contributed by atoms with Crippen LogP contribution in [0.2, 0.25) is 0 Å². The molecule has 1 fully saturated rings. The minimum absolute atomic E-state index is 0.0416. The highest BCUT2D eigenvalue weighted by molar-refractivity contribution is 5.96. The van der Waals surface area contributed by atoms with Gasteiger partial charge in [0.2, 0.25) is 11.7 Å². The number of hydrogen-bond donors (Lipinski definition) is 0. The summed E-state index contributed by atoms with van der Waals surface area (Å²) in [6.45, 7) is 1.44. The first kappa shape index (κ1) is 12.8. The normalized spacial score (nSPS) is 14.3. The summed E-state index contributed by atoms with van der Waals surface area (Å²) in [5.41, 5.74) is 0.331. The first-order chi connectivity index (χ1) is 9.63. The number of benzene rings is 1. The van der Waals surface area contributed by atoms with Gasteiger partial charge in [0.05, 0.1) is 5.56 Å². The Balaban J connectivity index is 1.73. The highest BCUT2D eigenvalue weighted by atomic mass is 19.1. The lowest BCUT2D eigenvalue weighted by Gasteiger charge is -2.07. The van der Waals surface area contributed by atoms with Gasteiger partial charge in [-0.15, -0.1) is 0 Å². The predicted octanol–water partition coefficient (Wildman–Crippen LogP) is 2.87. The topological polar surface area (TPSA) is 65.2 Å². The van der Waals surface area contributed by atoms with Crippen molar-refractivity contribution >= 4 is 5.78 Å². The molecule has 0 saturated heterocycles. The molecular formula is C14H13FN2O3. The van der Waals surface area contributed by atoms with Crippen LogP contribution in [0.4, 0.5) is 4.39 Å². The van der Waals surface area contributed by atoms with Crippen molar-refractivity contribution in [2.24, 2.45) is 0 Å². The van der Waals surface area contributed by atoms with Gasteiger partial charge in [0.25, 0.3) is 0 Å². The summed E-state index contributed by atoms with van der Waals surface area (Å²) in [5.74, 6) is 0.928. The molecule has 104 valence electrons. The monoisotopic (exact) mass is 276 g/mol. The Morgan fingerprint density at radius 3 is 3.00 bits per heavy atom. The fourth-order valence-corrected chi connectivity index (χ4v) is 1.87. The Kier molecular flexibility index (Phi) is 3.22. The average Bonchev–Trinajstić information content (AvgIpc) is 3.15. The largest absolute Gasteiger partial charge is 0.485 e. The van der Waals surface area contributed by atoms with Crippen LogP contribution in [0.3, 0.4) is 0 Å². The smallest absolute Gasteiger partial charge is 0.229 e. The predicted molar refractivity (Wildman–Crippen MR) is 67.0 cm³/mol. The minimum Gasteiger partial charge on any atom is -0.485 e. The molecule has 1 aromatic carbocycles. The highest BCUT2D eigenvalue weighted by Gasteiger charge is 2.29. The second-order valence-corrected chi connectivity index (χ2v) is 4.81. The second kappa shape index (κ2) is 5.03. The molecule has 1 aliphatic carbocycles. The standard InChI is InChI=1S/C14H13FN2O3/c1-8(18)11-5-4-10(15)6-12(11)19-7-13-16-14(20-17-13)9-2-3-9/h4-6,9H,2-3,7H2,1H3. The second-order valence-electron chi connectivity index (χ2n) is 4.81. The highest BCUT2D eigenvalue weighted by Crippen LogP contribution is 2.38. The minimum atomic E-state index is -0.461. The lowest BCUT2D eigenvalue weighted by Crippen LogP contribution is -2.03. The van der Waals surface area contributed by atoms with Gasteiger partial charge in [-0.25, -0.2) is 4.39 Å². The maximum atomic E-state index is 13.2. The van der Waals surface area contributed by atoms with Gasteiger partial charge in [-0.1, -0.05) is 5.16 Å². The zero-order valence-electron chi connectivity index (χ0n) is 10.9. The Morgan fingerprint density at radius 1 is 1.50 bits per heavy atom. The van der Waals surface area contributed by atoms with E-state index < -0.39 is 5.82 Å². The van der Waals surface area contributed by atoms with Gasteiger partial charge in [-0.2, -0.15) is 4.98 Å². The molecule has 0 atom stereocenters. The van der Waals surface area contributed by atoms with Crippen molar-refractivity contribution in [2.45, 2.75) is 32.3 Å². The number of ketones is 1. The lowest BCUT2D eigenvalue weighted by atomic mass is 10.1. The van der Waals surface area contributed by atoms with E-state index in [4.69, 9.17) is 9.26 Å². The third kappa shape index (κ3) is 2.68. The molecule has 1 aliphatic rings. The molecule has 0 radical (unpaired) electrons. The zero-order chi connectivity index (χ0) is 14.1.